The third kappa shape index (κ3) is 2.75. The van der Waals surface area contributed by atoms with Crippen molar-refractivity contribution in [1.82, 2.24) is 0 Å². The zero-order chi connectivity index (χ0) is 13.9. The highest BCUT2D eigenvalue weighted by molar-refractivity contribution is 9.10. The lowest BCUT2D eigenvalue weighted by atomic mass is 10.1. The largest absolute Gasteiger partial charge is 0.454 e. The summed E-state index contributed by atoms with van der Waals surface area (Å²) in [6.07, 6.45) is 3.33. The van der Waals surface area contributed by atoms with Gasteiger partial charge in [0, 0.05) is 10.0 Å². The molecule has 0 aliphatic carbocycles. The summed E-state index contributed by atoms with van der Waals surface area (Å²) in [4.78, 5) is 12.0. The van der Waals surface area contributed by atoms with Crippen LogP contribution >= 0.6 is 15.9 Å². The van der Waals surface area contributed by atoms with Gasteiger partial charge in [-0.2, -0.15) is 0 Å². The van der Waals surface area contributed by atoms with Crippen molar-refractivity contribution in [3.05, 3.63) is 64.1 Å². The number of ether oxygens (including phenoxy) is 2. The lowest BCUT2D eigenvalue weighted by molar-refractivity contribution is 0.104. The molecule has 3 nitrogen and oxygen atoms in total. The normalized spacial score (nSPS) is 12.8. The van der Waals surface area contributed by atoms with Crippen LogP contribution in [-0.2, 0) is 0 Å². The highest BCUT2D eigenvalue weighted by atomic mass is 79.9. The molecule has 1 aliphatic heterocycles. The van der Waals surface area contributed by atoms with Crippen LogP contribution in [0.15, 0.2) is 53.0 Å². The second kappa shape index (κ2) is 5.51. The van der Waals surface area contributed by atoms with E-state index in [2.05, 4.69) is 15.9 Å². The lowest BCUT2D eigenvalue weighted by Gasteiger charge is -1.98. The topological polar surface area (TPSA) is 35.5 Å². The van der Waals surface area contributed by atoms with Crippen LogP contribution in [-0.4, -0.2) is 12.6 Å². The van der Waals surface area contributed by atoms with Crippen LogP contribution in [0, 0.1) is 0 Å². The number of rotatable bonds is 3. The summed E-state index contributed by atoms with van der Waals surface area (Å²) in [7, 11) is 0. The van der Waals surface area contributed by atoms with Gasteiger partial charge in [0.1, 0.15) is 0 Å². The molecule has 0 amide bonds. The summed E-state index contributed by atoms with van der Waals surface area (Å²) in [5, 5.41) is 0. The van der Waals surface area contributed by atoms with E-state index in [0.717, 1.165) is 15.8 Å². The average molecular weight is 331 g/mol. The van der Waals surface area contributed by atoms with Gasteiger partial charge in [-0.15, -0.1) is 0 Å². The summed E-state index contributed by atoms with van der Waals surface area (Å²) in [6, 6.07) is 12.9. The Morgan fingerprint density at radius 1 is 1.05 bits per heavy atom. The molecule has 1 heterocycles. The van der Waals surface area contributed by atoms with Crippen molar-refractivity contribution in [3.8, 4) is 11.5 Å². The number of benzene rings is 2. The van der Waals surface area contributed by atoms with E-state index in [4.69, 9.17) is 9.47 Å². The quantitative estimate of drug-likeness (QED) is 0.628. The van der Waals surface area contributed by atoms with Gasteiger partial charge in [-0.25, -0.2) is 0 Å². The SMILES string of the molecule is O=C(C=Cc1ccc2c(c1)OCO2)c1ccc(Br)cc1. The number of carbonyl (C=O) groups excluding carboxylic acids is 1. The number of halogens is 1. The molecule has 3 rings (SSSR count). The fourth-order valence-electron chi connectivity index (χ4n) is 1.90. The van der Waals surface area contributed by atoms with E-state index in [-0.39, 0.29) is 12.6 Å². The molecule has 0 fully saturated rings. The van der Waals surface area contributed by atoms with E-state index < -0.39 is 0 Å². The van der Waals surface area contributed by atoms with E-state index in [1.807, 2.05) is 30.3 Å². The van der Waals surface area contributed by atoms with E-state index in [9.17, 15) is 4.79 Å². The van der Waals surface area contributed by atoms with Crippen molar-refractivity contribution in [2.24, 2.45) is 0 Å². The van der Waals surface area contributed by atoms with Crippen LogP contribution in [0.25, 0.3) is 6.08 Å². The Hall–Kier alpha value is -2.07. The number of carbonyl (C=O) groups is 1. The van der Waals surface area contributed by atoms with Crippen LogP contribution in [0.5, 0.6) is 11.5 Å². The van der Waals surface area contributed by atoms with Crippen LogP contribution in [0.3, 0.4) is 0 Å². The Morgan fingerprint density at radius 2 is 1.80 bits per heavy atom. The Balaban J connectivity index is 1.76. The Kier molecular flexibility index (Phi) is 3.56. The molecule has 0 unspecified atom stereocenters. The number of allylic oxidation sites excluding steroid dienone is 1. The molecule has 0 saturated heterocycles. The highest BCUT2D eigenvalue weighted by Crippen LogP contribution is 2.32. The zero-order valence-electron chi connectivity index (χ0n) is 10.5. The summed E-state index contributed by atoms with van der Waals surface area (Å²) in [5.41, 5.74) is 1.56. The Labute approximate surface area is 125 Å². The maximum Gasteiger partial charge on any atom is 0.231 e. The predicted octanol–water partition coefficient (Wildman–Crippen LogP) is 4.07. The molecule has 20 heavy (non-hydrogen) atoms. The van der Waals surface area contributed by atoms with Crippen molar-refractivity contribution in [1.29, 1.82) is 0 Å². The molecule has 0 radical (unpaired) electrons. The molecule has 0 aromatic heterocycles. The molecule has 100 valence electrons. The minimum Gasteiger partial charge on any atom is -0.454 e. The maximum absolute atomic E-state index is 12.0. The third-order valence-corrected chi connectivity index (χ3v) is 3.48. The van der Waals surface area contributed by atoms with E-state index in [1.54, 1.807) is 24.3 Å². The van der Waals surface area contributed by atoms with Crippen LogP contribution in [0.4, 0.5) is 0 Å². The summed E-state index contributed by atoms with van der Waals surface area (Å²) in [6.45, 7) is 0.250. The molecule has 2 aromatic rings. The van der Waals surface area contributed by atoms with Crippen molar-refractivity contribution in [2.75, 3.05) is 6.79 Å². The second-order valence-corrected chi connectivity index (χ2v) is 5.23. The molecular formula is C16H11BrO3. The molecule has 0 atom stereocenters. The molecule has 1 aliphatic rings. The first-order valence-corrected chi connectivity index (χ1v) is 6.89. The first-order chi connectivity index (χ1) is 9.72. The summed E-state index contributed by atoms with van der Waals surface area (Å²) >= 11 is 3.34. The van der Waals surface area contributed by atoms with Crippen LogP contribution in [0.2, 0.25) is 0 Å². The Bertz CT molecular complexity index is 675. The molecule has 4 heteroatoms. The van der Waals surface area contributed by atoms with Gasteiger partial charge >= 0.3 is 0 Å². The molecule has 0 saturated carbocycles. The minimum absolute atomic E-state index is 0.0323. The first-order valence-electron chi connectivity index (χ1n) is 6.10. The molecule has 2 aromatic carbocycles. The summed E-state index contributed by atoms with van der Waals surface area (Å²) < 4.78 is 11.5. The molecule has 0 spiro atoms. The maximum atomic E-state index is 12.0. The summed E-state index contributed by atoms with van der Waals surface area (Å²) in [5.74, 6) is 1.42. The van der Waals surface area contributed by atoms with Gasteiger partial charge < -0.3 is 9.47 Å². The predicted molar refractivity (Wildman–Crippen MR) is 80.1 cm³/mol. The van der Waals surface area contributed by atoms with E-state index in [0.29, 0.717) is 11.3 Å². The number of ketones is 1. The van der Waals surface area contributed by atoms with Gasteiger partial charge in [0.2, 0.25) is 6.79 Å². The lowest BCUT2D eigenvalue weighted by Crippen LogP contribution is -1.93. The van der Waals surface area contributed by atoms with Gasteiger partial charge in [0.25, 0.3) is 0 Å². The van der Waals surface area contributed by atoms with E-state index >= 15 is 0 Å². The molecule has 0 N–H and O–H groups in total. The third-order valence-electron chi connectivity index (χ3n) is 2.95. The second-order valence-electron chi connectivity index (χ2n) is 4.32. The standard InChI is InChI=1S/C16H11BrO3/c17-13-5-3-12(4-6-13)14(18)7-1-11-2-8-15-16(9-11)20-10-19-15/h1-9H,10H2. The Morgan fingerprint density at radius 3 is 2.60 bits per heavy atom. The van der Waals surface area contributed by atoms with Crippen LogP contribution in [0.1, 0.15) is 15.9 Å². The minimum atomic E-state index is -0.0323. The van der Waals surface area contributed by atoms with Crippen molar-refractivity contribution >= 4 is 27.8 Å². The van der Waals surface area contributed by atoms with Gasteiger partial charge in [-0.05, 0) is 48.0 Å². The number of hydrogen-bond acceptors (Lipinski definition) is 3. The molecule has 0 bridgehead atoms. The number of hydrogen-bond donors (Lipinski definition) is 0. The zero-order valence-corrected chi connectivity index (χ0v) is 12.1. The smallest absolute Gasteiger partial charge is 0.231 e. The van der Waals surface area contributed by atoms with Gasteiger partial charge in [0.05, 0.1) is 0 Å². The van der Waals surface area contributed by atoms with Crippen molar-refractivity contribution in [2.45, 2.75) is 0 Å². The van der Waals surface area contributed by atoms with Gasteiger partial charge in [-0.3, -0.25) is 4.79 Å². The van der Waals surface area contributed by atoms with E-state index in [1.165, 1.54) is 0 Å². The van der Waals surface area contributed by atoms with Crippen molar-refractivity contribution in [3.63, 3.8) is 0 Å². The average Bonchev–Trinajstić information content (AvgIpc) is 2.93. The van der Waals surface area contributed by atoms with Crippen molar-refractivity contribution < 1.29 is 14.3 Å². The fourth-order valence-corrected chi connectivity index (χ4v) is 2.16. The van der Waals surface area contributed by atoms with Gasteiger partial charge in [0.15, 0.2) is 17.3 Å². The monoisotopic (exact) mass is 330 g/mol. The highest BCUT2D eigenvalue weighted by Gasteiger charge is 2.12. The molecular weight excluding hydrogens is 320 g/mol. The fraction of sp³-hybridized carbons (Fsp3) is 0.0625. The number of fused-ring (bicyclic) bond motifs is 1. The van der Waals surface area contributed by atoms with Crippen LogP contribution < -0.4 is 9.47 Å². The first kappa shape index (κ1) is 12.9. The van der Waals surface area contributed by atoms with Gasteiger partial charge in [-0.1, -0.05) is 28.1 Å².